The van der Waals surface area contributed by atoms with E-state index in [2.05, 4.69) is 53.5 Å². The number of thiophene rings is 1. The van der Waals surface area contributed by atoms with E-state index in [1.165, 1.54) is 35.0 Å². The third-order valence-electron chi connectivity index (χ3n) is 4.07. The standard InChI is InChI=1S/C15H24BrNS/c1-15(2,3)12-6-4-5-7-13(12)17-9-11-8-14(16)18-10-11/h8,10,12-13,17H,4-7,9H2,1-3H3. The van der Waals surface area contributed by atoms with Gasteiger partial charge in [-0.1, -0.05) is 33.6 Å². The zero-order chi connectivity index (χ0) is 13.2. The lowest BCUT2D eigenvalue weighted by Crippen LogP contribution is -2.43. The quantitative estimate of drug-likeness (QED) is 0.803. The highest BCUT2D eigenvalue weighted by atomic mass is 79.9. The highest BCUT2D eigenvalue weighted by Crippen LogP contribution is 2.38. The van der Waals surface area contributed by atoms with Crippen molar-refractivity contribution in [3.05, 3.63) is 20.8 Å². The Balaban J connectivity index is 1.93. The van der Waals surface area contributed by atoms with E-state index < -0.39 is 0 Å². The summed E-state index contributed by atoms with van der Waals surface area (Å²) in [6.45, 7) is 8.18. The van der Waals surface area contributed by atoms with E-state index in [1.54, 1.807) is 11.3 Å². The molecule has 0 amide bonds. The molecule has 0 saturated heterocycles. The molecular weight excluding hydrogens is 306 g/mol. The topological polar surface area (TPSA) is 12.0 Å². The van der Waals surface area contributed by atoms with Crippen molar-refractivity contribution in [3.8, 4) is 0 Å². The third-order valence-corrected chi connectivity index (χ3v) is 5.62. The summed E-state index contributed by atoms with van der Waals surface area (Å²) in [7, 11) is 0. The van der Waals surface area contributed by atoms with Crippen molar-refractivity contribution >= 4 is 27.3 Å². The molecule has 0 spiro atoms. The molecule has 18 heavy (non-hydrogen) atoms. The first kappa shape index (κ1) is 14.5. The van der Waals surface area contributed by atoms with Crippen LogP contribution in [0, 0.1) is 11.3 Å². The molecule has 2 atom stereocenters. The van der Waals surface area contributed by atoms with Crippen LogP contribution in [-0.4, -0.2) is 6.04 Å². The predicted molar refractivity (Wildman–Crippen MR) is 84.1 cm³/mol. The fourth-order valence-electron chi connectivity index (χ4n) is 3.10. The zero-order valence-electron chi connectivity index (χ0n) is 11.6. The molecule has 1 N–H and O–H groups in total. The summed E-state index contributed by atoms with van der Waals surface area (Å²) >= 11 is 5.31. The van der Waals surface area contributed by atoms with Gasteiger partial charge in [0.15, 0.2) is 0 Å². The van der Waals surface area contributed by atoms with E-state index in [4.69, 9.17) is 0 Å². The average molecular weight is 330 g/mol. The highest BCUT2D eigenvalue weighted by molar-refractivity contribution is 9.11. The molecule has 1 aromatic rings. The van der Waals surface area contributed by atoms with Gasteiger partial charge in [0, 0.05) is 12.6 Å². The number of halogens is 1. The third kappa shape index (κ3) is 3.82. The van der Waals surface area contributed by atoms with Gasteiger partial charge in [0.05, 0.1) is 3.79 Å². The maximum absolute atomic E-state index is 3.79. The molecule has 0 aromatic carbocycles. The number of rotatable bonds is 3. The van der Waals surface area contributed by atoms with Crippen LogP contribution in [0.3, 0.4) is 0 Å². The Bertz CT molecular complexity index is 380. The van der Waals surface area contributed by atoms with Crippen molar-refractivity contribution in [2.75, 3.05) is 0 Å². The van der Waals surface area contributed by atoms with Crippen molar-refractivity contribution in [2.45, 2.75) is 59.0 Å². The number of nitrogens with one attached hydrogen (secondary N) is 1. The van der Waals surface area contributed by atoms with Gasteiger partial charge < -0.3 is 5.32 Å². The molecule has 1 aliphatic rings. The first-order valence-electron chi connectivity index (χ1n) is 6.93. The van der Waals surface area contributed by atoms with Gasteiger partial charge >= 0.3 is 0 Å². The normalized spacial score (nSPS) is 25.3. The van der Waals surface area contributed by atoms with Crippen molar-refractivity contribution in [3.63, 3.8) is 0 Å². The summed E-state index contributed by atoms with van der Waals surface area (Å²) in [5.74, 6) is 0.813. The van der Waals surface area contributed by atoms with Gasteiger partial charge in [0.2, 0.25) is 0 Å². The fraction of sp³-hybridized carbons (Fsp3) is 0.733. The SMILES string of the molecule is CC(C)(C)C1CCCCC1NCc1csc(Br)c1. The molecule has 3 heteroatoms. The average Bonchev–Trinajstić information content (AvgIpc) is 2.72. The Labute approximate surface area is 123 Å². The van der Waals surface area contributed by atoms with Gasteiger partial charge in [-0.2, -0.15) is 0 Å². The maximum atomic E-state index is 3.79. The molecule has 1 nitrogen and oxygen atoms in total. The Hall–Kier alpha value is 0.140. The molecular formula is C15H24BrNS. The van der Waals surface area contributed by atoms with E-state index >= 15 is 0 Å². The lowest BCUT2D eigenvalue weighted by atomic mass is 9.69. The van der Waals surface area contributed by atoms with Crippen molar-refractivity contribution in [1.29, 1.82) is 0 Å². The zero-order valence-corrected chi connectivity index (χ0v) is 14.0. The molecule has 1 aliphatic carbocycles. The molecule has 0 radical (unpaired) electrons. The second-order valence-electron chi connectivity index (χ2n) is 6.50. The minimum absolute atomic E-state index is 0.424. The van der Waals surface area contributed by atoms with E-state index in [-0.39, 0.29) is 0 Å². The van der Waals surface area contributed by atoms with Crippen LogP contribution in [0.15, 0.2) is 15.2 Å². The minimum Gasteiger partial charge on any atom is -0.310 e. The summed E-state index contributed by atoms with van der Waals surface area (Å²) in [6, 6.07) is 2.92. The molecule has 1 fully saturated rings. The van der Waals surface area contributed by atoms with Crippen molar-refractivity contribution in [2.24, 2.45) is 11.3 Å². The summed E-state index contributed by atoms with van der Waals surface area (Å²) in [4.78, 5) is 0. The van der Waals surface area contributed by atoms with E-state index in [0.717, 1.165) is 12.5 Å². The summed E-state index contributed by atoms with van der Waals surface area (Å²) in [5, 5.41) is 6.04. The first-order chi connectivity index (χ1) is 8.47. The van der Waals surface area contributed by atoms with Crippen LogP contribution < -0.4 is 5.32 Å². The van der Waals surface area contributed by atoms with Crippen LogP contribution >= 0.6 is 27.3 Å². The Morgan fingerprint density at radius 2 is 2.06 bits per heavy atom. The summed E-state index contributed by atoms with van der Waals surface area (Å²) in [5.41, 5.74) is 1.83. The van der Waals surface area contributed by atoms with Crippen LogP contribution in [0.4, 0.5) is 0 Å². The molecule has 102 valence electrons. The van der Waals surface area contributed by atoms with Gasteiger partial charge in [-0.3, -0.25) is 0 Å². The highest BCUT2D eigenvalue weighted by Gasteiger charge is 2.33. The molecule has 1 aromatic heterocycles. The first-order valence-corrected chi connectivity index (χ1v) is 8.60. The van der Waals surface area contributed by atoms with E-state index in [0.29, 0.717) is 11.5 Å². The van der Waals surface area contributed by atoms with Gasteiger partial charge in [-0.05, 0) is 57.1 Å². The lowest BCUT2D eigenvalue weighted by Gasteiger charge is -2.41. The van der Waals surface area contributed by atoms with Gasteiger partial charge in [-0.15, -0.1) is 11.3 Å². The molecule has 1 heterocycles. The maximum Gasteiger partial charge on any atom is 0.0701 e. The smallest absolute Gasteiger partial charge is 0.0701 e. The molecule has 0 aliphatic heterocycles. The van der Waals surface area contributed by atoms with Gasteiger partial charge in [0.1, 0.15) is 0 Å². The molecule has 2 unspecified atom stereocenters. The fourth-order valence-corrected chi connectivity index (χ4v) is 4.31. The van der Waals surface area contributed by atoms with Crippen molar-refractivity contribution < 1.29 is 0 Å². The van der Waals surface area contributed by atoms with Gasteiger partial charge in [0.25, 0.3) is 0 Å². The minimum atomic E-state index is 0.424. The summed E-state index contributed by atoms with van der Waals surface area (Å²) in [6.07, 6.45) is 5.52. The lowest BCUT2D eigenvalue weighted by molar-refractivity contribution is 0.130. The van der Waals surface area contributed by atoms with Crippen LogP contribution in [0.25, 0.3) is 0 Å². The Kier molecular flexibility index (Phi) is 4.90. The monoisotopic (exact) mass is 329 g/mol. The van der Waals surface area contributed by atoms with Crippen LogP contribution in [-0.2, 0) is 6.54 Å². The number of hydrogen-bond donors (Lipinski definition) is 1. The predicted octanol–water partition coefficient (Wildman–Crippen LogP) is 5.21. The largest absolute Gasteiger partial charge is 0.310 e. The number of hydrogen-bond acceptors (Lipinski definition) is 2. The van der Waals surface area contributed by atoms with Gasteiger partial charge in [-0.25, -0.2) is 0 Å². The second-order valence-corrected chi connectivity index (χ2v) is 8.79. The van der Waals surface area contributed by atoms with E-state index in [9.17, 15) is 0 Å². The van der Waals surface area contributed by atoms with Crippen LogP contribution in [0.5, 0.6) is 0 Å². The molecule has 2 rings (SSSR count). The van der Waals surface area contributed by atoms with Crippen LogP contribution in [0.2, 0.25) is 0 Å². The van der Waals surface area contributed by atoms with E-state index in [1.807, 2.05) is 0 Å². The molecule has 0 bridgehead atoms. The Morgan fingerprint density at radius 1 is 1.33 bits per heavy atom. The van der Waals surface area contributed by atoms with Crippen molar-refractivity contribution in [1.82, 2.24) is 5.32 Å². The summed E-state index contributed by atoms with van der Waals surface area (Å²) < 4.78 is 1.23. The Morgan fingerprint density at radius 3 is 2.67 bits per heavy atom. The molecule has 1 saturated carbocycles. The van der Waals surface area contributed by atoms with Crippen LogP contribution in [0.1, 0.15) is 52.0 Å². The second kappa shape index (κ2) is 6.06.